The number of hydrogen-bond donors (Lipinski definition) is 2. The summed E-state index contributed by atoms with van der Waals surface area (Å²) >= 11 is 0. The highest BCUT2D eigenvalue weighted by Crippen LogP contribution is 2.53. The Kier molecular flexibility index (Phi) is 6.03. The Hall–Kier alpha value is -1.84. The molecule has 2 fully saturated rings. The van der Waals surface area contributed by atoms with Gasteiger partial charge in [-0.1, -0.05) is 48.9 Å². The lowest BCUT2D eigenvalue weighted by Crippen LogP contribution is -2.59. The Balaban J connectivity index is 1.57. The number of piperidine rings is 1. The molecule has 0 spiro atoms. The number of likely N-dealkylation sites (tertiary alicyclic amines) is 1. The van der Waals surface area contributed by atoms with Crippen molar-refractivity contribution >= 4 is 0 Å². The molecule has 4 rings (SSSR count). The molecule has 1 aliphatic carbocycles. The zero-order valence-corrected chi connectivity index (χ0v) is 16.8. The van der Waals surface area contributed by atoms with Crippen LogP contribution < -0.4 is 0 Å². The van der Waals surface area contributed by atoms with Crippen molar-refractivity contribution < 1.29 is 10.2 Å². The van der Waals surface area contributed by atoms with E-state index in [9.17, 15) is 10.2 Å². The lowest BCUT2D eigenvalue weighted by Gasteiger charge is -2.57. The van der Waals surface area contributed by atoms with Crippen LogP contribution in [0, 0.1) is 5.92 Å². The molecule has 3 nitrogen and oxygen atoms in total. The Morgan fingerprint density at radius 3 is 2.68 bits per heavy atom. The van der Waals surface area contributed by atoms with Gasteiger partial charge in [-0.05, 0) is 74.2 Å². The van der Waals surface area contributed by atoms with Crippen LogP contribution in [0.1, 0.15) is 49.7 Å². The van der Waals surface area contributed by atoms with Crippen LogP contribution in [0.4, 0.5) is 0 Å². The number of nitrogens with zero attached hydrogens (tertiary/aromatic N) is 1. The van der Waals surface area contributed by atoms with E-state index in [0.29, 0.717) is 17.7 Å². The number of aromatic hydroxyl groups is 1. The molecule has 0 unspecified atom stereocenters. The van der Waals surface area contributed by atoms with E-state index in [-0.39, 0.29) is 12.0 Å². The first-order valence-corrected chi connectivity index (χ1v) is 10.9. The molecule has 28 heavy (non-hydrogen) atoms. The SMILES string of the molecule is OCCC[C@H]1[C@@H]2CCC[C@]1(c1cccc(O)c1)CCN2CCc1ccccc1. The van der Waals surface area contributed by atoms with E-state index in [1.807, 2.05) is 12.1 Å². The highest BCUT2D eigenvalue weighted by Gasteiger charge is 2.50. The minimum atomic E-state index is 0.153. The van der Waals surface area contributed by atoms with Gasteiger partial charge in [-0.3, -0.25) is 4.90 Å². The number of benzene rings is 2. The molecule has 150 valence electrons. The van der Waals surface area contributed by atoms with Gasteiger partial charge in [-0.2, -0.15) is 0 Å². The quantitative estimate of drug-likeness (QED) is 0.743. The number of fused-ring (bicyclic) bond motifs is 2. The Morgan fingerprint density at radius 2 is 1.89 bits per heavy atom. The Bertz CT molecular complexity index is 762. The normalized spacial score (nSPS) is 27.6. The molecule has 3 atom stereocenters. The lowest BCUT2D eigenvalue weighted by atomic mass is 9.55. The summed E-state index contributed by atoms with van der Waals surface area (Å²) in [5, 5.41) is 19.6. The molecule has 0 radical (unpaired) electrons. The smallest absolute Gasteiger partial charge is 0.115 e. The van der Waals surface area contributed by atoms with Gasteiger partial charge in [0.25, 0.3) is 0 Å². The van der Waals surface area contributed by atoms with Crippen LogP contribution in [-0.4, -0.2) is 40.9 Å². The van der Waals surface area contributed by atoms with Crippen molar-refractivity contribution in [2.24, 2.45) is 5.92 Å². The van der Waals surface area contributed by atoms with Gasteiger partial charge in [0.05, 0.1) is 0 Å². The first kappa shape index (κ1) is 19.5. The fourth-order valence-corrected chi connectivity index (χ4v) is 5.93. The Labute approximate surface area is 169 Å². The summed E-state index contributed by atoms with van der Waals surface area (Å²) < 4.78 is 0. The summed E-state index contributed by atoms with van der Waals surface area (Å²) in [6, 6.07) is 19.4. The summed E-state index contributed by atoms with van der Waals surface area (Å²) in [5.74, 6) is 0.932. The van der Waals surface area contributed by atoms with Crippen molar-refractivity contribution in [3.63, 3.8) is 0 Å². The van der Waals surface area contributed by atoms with E-state index >= 15 is 0 Å². The van der Waals surface area contributed by atoms with Crippen LogP contribution in [-0.2, 0) is 11.8 Å². The van der Waals surface area contributed by atoms with Gasteiger partial charge in [0.15, 0.2) is 0 Å². The van der Waals surface area contributed by atoms with Crippen LogP contribution in [0.2, 0.25) is 0 Å². The number of phenols is 1. The zero-order chi connectivity index (χ0) is 19.4. The summed E-state index contributed by atoms with van der Waals surface area (Å²) in [5.41, 5.74) is 2.87. The average Bonchev–Trinajstić information content (AvgIpc) is 2.72. The predicted octanol–water partition coefficient (Wildman–Crippen LogP) is 4.52. The lowest BCUT2D eigenvalue weighted by molar-refractivity contribution is -0.0180. The highest BCUT2D eigenvalue weighted by molar-refractivity contribution is 5.35. The first-order chi connectivity index (χ1) is 13.7. The molecule has 0 amide bonds. The van der Waals surface area contributed by atoms with Crippen LogP contribution in [0.25, 0.3) is 0 Å². The molecular weight excluding hydrogens is 346 g/mol. The number of aliphatic hydroxyl groups excluding tert-OH is 1. The monoisotopic (exact) mass is 379 g/mol. The van der Waals surface area contributed by atoms with E-state index in [4.69, 9.17) is 0 Å². The summed E-state index contributed by atoms with van der Waals surface area (Å²) in [4.78, 5) is 2.72. The van der Waals surface area contributed by atoms with Gasteiger partial charge in [0, 0.05) is 24.6 Å². The van der Waals surface area contributed by atoms with Gasteiger partial charge in [-0.25, -0.2) is 0 Å². The minimum Gasteiger partial charge on any atom is -0.508 e. The predicted molar refractivity (Wildman–Crippen MR) is 114 cm³/mol. The average molecular weight is 380 g/mol. The third-order valence-electron chi connectivity index (χ3n) is 7.24. The van der Waals surface area contributed by atoms with Crippen molar-refractivity contribution in [3.8, 4) is 5.75 Å². The van der Waals surface area contributed by atoms with Gasteiger partial charge < -0.3 is 10.2 Å². The molecule has 2 aromatic carbocycles. The van der Waals surface area contributed by atoms with Crippen molar-refractivity contribution in [2.75, 3.05) is 19.7 Å². The van der Waals surface area contributed by atoms with E-state index in [2.05, 4.69) is 41.3 Å². The molecule has 3 heteroatoms. The zero-order valence-electron chi connectivity index (χ0n) is 16.8. The highest BCUT2D eigenvalue weighted by atomic mass is 16.3. The second-order valence-corrected chi connectivity index (χ2v) is 8.66. The van der Waals surface area contributed by atoms with Crippen molar-refractivity contribution in [1.82, 2.24) is 4.90 Å². The van der Waals surface area contributed by atoms with E-state index < -0.39 is 0 Å². The van der Waals surface area contributed by atoms with E-state index in [0.717, 1.165) is 38.8 Å². The molecule has 2 N–H and O–H groups in total. The molecule has 1 heterocycles. The standard InChI is InChI=1S/C25H33NO2/c27-18-6-11-23-24-12-5-14-25(23,21-9-4-10-22(28)19-21)15-17-26(24)16-13-20-7-2-1-3-8-20/h1-4,7-10,19,23-24,27-28H,5-6,11-18H2/t23-,24-,25+/m0/s1. The molecule has 2 bridgehead atoms. The van der Waals surface area contributed by atoms with Crippen LogP contribution in [0.5, 0.6) is 5.75 Å². The molecule has 1 aliphatic heterocycles. The second kappa shape index (κ2) is 8.67. The third-order valence-corrected chi connectivity index (χ3v) is 7.24. The molecular formula is C25H33NO2. The fourth-order valence-electron chi connectivity index (χ4n) is 5.93. The molecule has 2 aliphatic rings. The maximum absolute atomic E-state index is 10.1. The van der Waals surface area contributed by atoms with Crippen molar-refractivity contribution in [1.29, 1.82) is 0 Å². The molecule has 1 saturated carbocycles. The maximum atomic E-state index is 10.1. The van der Waals surface area contributed by atoms with Gasteiger partial charge in [0.2, 0.25) is 0 Å². The minimum absolute atomic E-state index is 0.153. The largest absolute Gasteiger partial charge is 0.508 e. The van der Waals surface area contributed by atoms with Crippen molar-refractivity contribution in [3.05, 3.63) is 65.7 Å². The van der Waals surface area contributed by atoms with Gasteiger partial charge in [0.1, 0.15) is 5.75 Å². The molecule has 1 saturated heterocycles. The third kappa shape index (κ3) is 3.83. The summed E-state index contributed by atoms with van der Waals surface area (Å²) in [6.07, 6.45) is 7.90. The summed E-state index contributed by atoms with van der Waals surface area (Å²) in [6.45, 7) is 2.51. The summed E-state index contributed by atoms with van der Waals surface area (Å²) in [7, 11) is 0. The maximum Gasteiger partial charge on any atom is 0.115 e. The van der Waals surface area contributed by atoms with E-state index in [1.54, 1.807) is 6.07 Å². The topological polar surface area (TPSA) is 43.7 Å². The van der Waals surface area contributed by atoms with E-state index in [1.165, 1.54) is 30.4 Å². The van der Waals surface area contributed by atoms with Crippen molar-refractivity contribution in [2.45, 2.75) is 56.4 Å². The van der Waals surface area contributed by atoms with Crippen LogP contribution in [0.3, 0.4) is 0 Å². The Morgan fingerprint density at radius 1 is 1.04 bits per heavy atom. The number of rotatable bonds is 7. The van der Waals surface area contributed by atoms with Crippen LogP contribution in [0.15, 0.2) is 54.6 Å². The molecule has 0 aromatic heterocycles. The molecule has 2 aromatic rings. The number of hydrogen-bond acceptors (Lipinski definition) is 3. The fraction of sp³-hybridized carbons (Fsp3) is 0.520. The first-order valence-electron chi connectivity index (χ1n) is 10.9. The number of phenolic OH excluding ortho intramolecular Hbond substituents is 1. The van der Waals surface area contributed by atoms with Crippen LogP contribution >= 0.6 is 0 Å². The number of aliphatic hydroxyl groups is 1. The van der Waals surface area contributed by atoms with Gasteiger partial charge >= 0.3 is 0 Å². The second-order valence-electron chi connectivity index (χ2n) is 8.66. The van der Waals surface area contributed by atoms with Gasteiger partial charge in [-0.15, -0.1) is 0 Å².